The number of hydrogen-bond donors (Lipinski definition) is 2. The number of nitrogens with one attached hydrogen (secondary N) is 2. The minimum atomic E-state index is -0.898. The fourth-order valence-corrected chi connectivity index (χ4v) is 2.61. The molecule has 0 aliphatic carbocycles. The van der Waals surface area contributed by atoms with Gasteiger partial charge in [-0.25, -0.2) is 18.0 Å². The van der Waals surface area contributed by atoms with Crippen LogP contribution < -0.4 is 15.5 Å². The summed E-state index contributed by atoms with van der Waals surface area (Å²) in [7, 11) is 0. The topological polar surface area (TPSA) is 61.4 Å². The van der Waals surface area contributed by atoms with Gasteiger partial charge in [0.05, 0.1) is 11.7 Å². The van der Waals surface area contributed by atoms with Crippen LogP contribution in [0.15, 0.2) is 42.5 Å². The first-order valence-electron chi connectivity index (χ1n) is 7.51. The monoisotopic (exact) mass is 349 g/mol. The van der Waals surface area contributed by atoms with Gasteiger partial charge in [-0.1, -0.05) is 0 Å². The molecule has 2 aromatic rings. The van der Waals surface area contributed by atoms with E-state index in [4.69, 9.17) is 0 Å². The second-order valence-corrected chi connectivity index (χ2v) is 5.60. The standard InChI is InChI=1S/C17H14F3N3O2/c18-10-1-4-13(5-2-10)23-9-12(8-16(23)24)21-17(25)22-15-6-3-11(19)7-14(15)20/h1-7,12H,8-9H2,(H2,21,22,25)/t12-/m1/s1. The molecule has 2 aromatic carbocycles. The molecule has 130 valence electrons. The number of rotatable bonds is 3. The number of benzene rings is 2. The van der Waals surface area contributed by atoms with Crippen LogP contribution in [0.25, 0.3) is 0 Å². The first-order chi connectivity index (χ1) is 11.9. The molecule has 3 amide bonds. The van der Waals surface area contributed by atoms with E-state index in [0.29, 0.717) is 11.8 Å². The van der Waals surface area contributed by atoms with E-state index in [1.165, 1.54) is 29.2 Å². The predicted octanol–water partition coefficient (Wildman–Crippen LogP) is 3.03. The molecule has 3 rings (SSSR count). The Morgan fingerprint density at radius 2 is 1.72 bits per heavy atom. The summed E-state index contributed by atoms with van der Waals surface area (Å²) in [5.41, 5.74) is 0.360. The normalized spacial score (nSPS) is 16.8. The van der Waals surface area contributed by atoms with Crippen molar-refractivity contribution < 1.29 is 22.8 Å². The first-order valence-corrected chi connectivity index (χ1v) is 7.51. The van der Waals surface area contributed by atoms with Gasteiger partial charge in [-0.05, 0) is 36.4 Å². The van der Waals surface area contributed by atoms with Crippen molar-refractivity contribution in [1.82, 2.24) is 5.32 Å². The van der Waals surface area contributed by atoms with Crippen molar-refractivity contribution in [3.05, 3.63) is 59.9 Å². The highest BCUT2D eigenvalue weighted by Gasteiger charge is 2.31. The highest BCUT2D eigenvalue weighted by atomic mass is 19.1. The molecule has 0 radical (unpaired) electrons. The van der Waals surface area contributed by atoms with Crippen molar-refractivity contribution in [3.8, 4) is 0 Å². The minimum absolute atomic E-state index is 0.0662. The van der Waals surface area contributed by atoms with Gasteiger partial charge in [0.15, 0.2) is 0 Å². The summed E-state index contributed by atoms with van der Waals surface area (Å²) in [6, 6.07) is 7.03. The summed E-state index contributed by atoms with van der Waals surface area (Å²) in [5, 5.41) is 4.83. The molecule has 25 heavy (non-hydrogen) atoms. The van der Waals surface area contributed by atoms with Crippen molar-refractivity contribution in [2.75, 3.05) is 16.8 Å². The van der Waals surface area contributed by atoms with Crippen molar-refractivity contribution in [2.24, 2.45) is 0 Å². The Bertz CT molecular complexity index is 811. The van der Waals surface area contributed by atoms with Crippen LogP contribution in [0.5, 0.6) is 0 Å². The molecule has 1 aliphatic rings. The lowest BCUT2D eigenvalue weighted by Crippen LogP contribution is -2.39. The van der Waals surface area contributed by atoms with Crippen LogP contribution in [0.4, 0.5) is 29.3 Å². The number of anilines is 2. The molecule has 0 spiro atoms. The number of hydrogen-bond acceptors (Lipinski definition) is 2. The van der Waals surface area contributed by atoms with Gasteiger partial charge < -0.3 is 15.5 Å². The fourth-order valence-electron chi connectivity index (χ4n) is 2.61. The van der Waals surface area contributed by atoms with Gasteiger partial charge in [-0.3, -0.25) is 4.79 Å². The Morgan fingerprint density at radius 3 is 2.40 bits per heavy atom. The van der Waals surface area contributed by atoms with E-state index in [9.17, 15) is 22.8 Å². The van der Waals surface area contributed by atoms with E-state index >= 15 is 0 Å². The van der Waals surface area contributed by atoms with E-state index in [-0.39, 0.29) is 24.6 Å². The van der Waals surface area contributed by atoms with Crippen LogP contribution in [0.3, 0.4) is 0 Å². The van der Waals surface area contributed by atoms with Crippen molar-refractivity contribution in [1.29, 1.82) is 0 Å². The zero-order valence-electron chi connectivity index (χ0n) is 12.9. The predicted molar refractivity (Wildman–Crippen MR) is 85.7 cm³/mol. The summed E-state index contributed by atoms with van der Waals surface area (Å²) in [4.78, 5) is 25.4. The Labute approximate surface area is 141 Å². The van der Waals surface area contributed by atoms with E-state index < -0.39 is 29.5 Å². The first kappa shape index (κ1) is 16.8. The van der Waals surface area contributed by atoms with E-state index in [1.54, 1.807) is 0 Å². The van der Waals surface area contributed by atoms with Gasteiger partial charge in [0, 0.05) is 24.7 Å². The third kappa shape index (κ3) is 3.90. The lowest BCUT2D eigenvalue weighted by Gasteiger charge is -2.17. The number of carbonyl (C=O) groups excluding carboxylic acids is 2. The van der Waals surface area contributed by atoms with Crippen LogP contribution in [0.2, 0.25) is 0 Å². The Morgan fingerprint density at radius 1 is 1.04 bits per heavy atom. The van der Waals surface area contributed by atoms with Gasteiger partial charge in [-0.15, -0.1) is 0 Å². The molecular weight excluding hydrogens is 335 g/mol. The second-order valence-electron chi connectivity index (χ2n) is 5.60. The number of urea groups is 1. The SMILES string of the molecule is O=C(Nc1ccc(F)cc1F)N[C@@H]1CC(=O)N(c2ccc(F)cc2)C1. The molecule has 8 heteroatoms. The number of carbonyl (C=O) groups is 2. The maximum atomic E-state index is 13.5. The maximum Gasteiger partial charge on any atom is 0.319 e. The average Bonchev–Trinajstić information content (AvgIpc) is 2.91. The fraction of sp³-hybridized carbons (Fsp3) is 0.176. The van der Waals surface area contributed by atoms with Crippen LogP contribution in [0, 0.1) is 17.5 Å². The Balaban J connectivity index is 1.61. The van der Waals surface area contributed by atoms with Crippen LogP contribution in [-0.4, -0.2) is 24.5 Å². The largest absolute Gasteiger partial charge is 0.333 e. The molecule has 1 heterocycles. The minimum Gasteiger partial charge on any atom is -0.333 e. The van der Waals surface area contributed by atoms with Crippen LogP contribution in [0.1, 0.15) is 6.42 Å². The molecule has 1 aliphatic heterocycles. The van der Waals surface area contributed by atoms with Crippen molar-refractivity contribution >= 4 is 23.3 Å². The van der Waals surface area contributed by atoms with Gasteiger partial charge in [0.25, 0.3) is 0 Å². The smallest absolute Gasteiger partial charge is 0.319 e. The molecule has 5 nitrogen and oxygen atoms in total. The molecule has 1 saturated heterocycles. The molecule has 0 bridgehead atoms. The Kier molecular flexibility index (Phi) is 4.60. The third-order valence-electron chi connectivity index (χ3n) is 3.78. The van der Waals surface area contributed by atoms with Gasteiger partial charge in [0.2, 0.25) is 5.91 Å². The highest BCUT2D eigenvalue weighted by Crippen LogP contribution is 2.22. The highest BCUT2D eigenvalue weighted by molar-refractivity contribution is 5.97. The summed E-state index contributed by atoms with van der Waals surface area (Å²) in [6.45, 7) is 0.212. The third-order valence-corrected chi connectivity index (χ3v) is 3.78. The molecule has 2 N–H and O–H groups in total. The maximum absolute atomic E-state index is 13.5. The molecule has 0 unspecified atom stereocenters. The molecule has 0 aromatic heterocycles. The molecule has 1 atom stereocenters. The molecule has 0 saturated carbocycles. The van der Waals surface area contributed by atoms with Gasteiger partial charge in [-0.2, -0.15) is 0 Å². The lowest BCUT2D eigenvalue weighted by atomic mass is 10.2. The zero-order valence-corrected chi connectivity index (χ0v) is 12.9. The summed E-state index contributed by atoms with van der Waals surface area (Å²) >= 11 is 0. The van der Waals surface area contributed by atoms with E-state index in [2.05, 4.69) is 10.6 Å². The van der Waals surface area contributed by atoms with E-state index in [1.807, 2.05) is 0 Å². The lowest BCUT2D eigenvalue weighted by molar-refractivity contribution is -0.117. The average molecular weight is 349 g/mol. The van der Waals surface area contributed by atoms with E-state index in [0.717, 1.165) is 12.1 Å². The number of amides is 3. The summed E-state index contributed by atoms with van der Waals surface area (Å²) in [6.07, 6.45) is 0.0662. The van der Waals surface area contributed by atoms with Crippen LogP contribution >= 0.6 is 0 Å². The molecular formula is C17H14F3N3O2. The van der Waals surface area contributed by atoms with Crippen LogP contribution in [-0.2, 0) is 4.79 Å². The van der Waals surface area contributed by atoms with Gasteiger partial charge >= 0.3 is 6.03 Å². The van der Waals surface area contributed by atoms with Crippen molar-refractivity contribution in [3.63, 3.8) is 0 Å². The number of nitrogens with zero attached hydrogens (tertiary/aromatic N) is 1. The number of halogens is 3. The van der Waals surface area contributed by atoms with Gasteiger partial charge in [0.1, 0.15) is 17.5 Å². The Hall–Kier alpha value is -3.03. The zero-order chi connectivity index (χ0) is 18.0. The summed E-state index contributed by atoms with van der Waals surface area (Å²) < 4.78 is 39.3. The summed E-state index contributed by atoms with van der Waals surface area (Å²) in [5.74, 6) is -2.28. The van der Waals surface area contributed by atoms with Crippen molar-refractivity contribution in [2.45, 2.75) is 12.5 Å². The quantitative estimate of drug-likeness (QED) is 0.895. The second kappa shape index (κ2) is 6.84. The molecule has 1 fully saturated rings.